The van der Waals surface area contributed by atoms with Gasteiger partial charge in [0.25, 0.3) is 0 Å². The van der Waals surface area contributed by atoms with E-state index in [1.807, 2.05) is 0 Å². The van der Waals surface area contributed by atoms with Gasteiger partial charge in [-0.05, 0) is 6.42 Å². The second-order valence-corrected chi connectivity index (χ2v) is 5.15. The van der Waals surface area contributed by atoms with Crippen molar-refractivity contribution in [1.29, 1.82) is 0 Å². The molecule has 0 bridgehead atoms. The highest BCUT2D eigenvalue weighted by Crippen LogP contribution is 2.17. The average Bonchev–Trinajstić information content (AvgIpc) is 2.56. The minimum Gasteiger partial charge on any atom is -0.461 e. The van der Waals surface area contributed by atoms with E-state index in [-0.39, 0.29) is 13.2 Å². The Kier molecular flexibility index (Phi) is 8.26. The predicted octanol–water partition coefficient (Wildman–Crippen LogP) is 3.23. The van der Waals surface area contributed by atoms with E-state index in [0.717, 1.165) is 12.8 Å². The number of hydrogen-bond donors (Lipinski definition) is 0. The van der Waals surface area contributed by atoms with Crippen molar-refractivity contribution in [3.8, 4) is 0 Å². The highest BCUT2D eigenvalue weighted by atomic mass is 16.6. The summed E-state index contributed by atoms with van der Waals surface area (Å²) in [5, 5.41) is 0. The summed E-state index contributed by atoms with van der Waals surface area (Å²) >= 11 is 0. The maximum Gasteiger partial charge on any atom is 0.320 e. The molecule has 0 unspecified atom stereocenters. The van der Waals surface area contributed by atoms with Crippen molar-refractivity contribution in [1.82, 2.24) is 0 Å². The molecule has 0 spiro atoms. The molecule has 0 aromatic heterocycles. The summed E-state index contributed by atoms with van der Waals surface area (Å²) in [6, 6.07) is 0. The Bertz CT molecular complexity index is 257. The van der Waals surface area contributed by atoms with Gasteiger partial charge in [-0.1, -0.05) is 58.3 Å². The number of cyclic esters (lactones) is 2. The average molecular weight is 270 g/mol. The van der Waals surface area contributed by atoms with Gasteiger partial charge in [0.05, 0.1) is 0 Å². The van der Waals surface area contributed by atoms with Gasteiger partial charge in [-0.3, -0.25) is 9.59 Å². The standard InChI is InChI=1S/C15H26O4/c1-2-3-4-5-6-7-8-9-10-13-14(16)18-11-12-19-15(13)17/h13H,2-12H2,1H3. The molecule has 0 N–H and O–H groups in total. The van der Waals surface area contributed by atoms with E-state index in [0.29, 0.717) is 6.42 Å². The zero-order chi connectivity index (χ0) is 13.9. The van der Waals surface area contributed by atoms with Crippen LogP contribution in [0.2, 0.25) is 0 Å². The Hall–Kier alpha value is -1.06. The van der Waals surface area contributed by atoms with Crippen LogP contribution in [-0.4, -0.2) is 25.2 Å². The van der Waals surface area contributed by atoms with Gasteiger partial charge >= 0.3 is 11.9 Å². The summed E-state index contributed by atoms with van der Waals surface area (Å²) in [5.41, 5.74) is 0. The minimum atomic E-state index is -0.692. The first kappa shape index (κ1) is 16.0. The molecule has 1 saturated heterocycles. The van der Waals surface area contributed by atoms with Crippen LogP contribution < -0.4 is 0 Å². The summed E-state index contributed by atoms with van der Waals surface area (Å²) in [5.74, 6) is -1.52. The van der Waals surface area contributed by atoms with Crippen LogP contribution in [0.1, 0.15) is 64.7 Å². The SMILES string of the molecule is CCCCCCCCCCC1C(=O)OCCOC1=O. The van der Waals surface area contributed by atoms with E-state index < -0.39 is 17.9 Å². The number of carbonyl (C=O) groups is 2. The lowest BCUT2D eigenvalue weighted by Crippen LogP contribution is -2.24. The van der Waals surface area contributed by atoms with Gasteiger partial charge < -0.3 is 9.47 Å². The zero-order valence-electron chi connectivity index (χ0n) is 12.0. The molecule has 0 radical (unpaired) electrons. The molecule has 19 heavy (non-hydrogen) atoms. The van der Waals surface area contributed by atoms with E-state index in [2.05, 4.69) is 6.92 Å². The second kappa shape index (κ2) is 9.82. The molecule has 0 saturated carbocycles. The lowest BCUT2D eigenvalue weighted by Gasteiger charge is -2.09. The summed E-state index contributed by atoms with van der Waals surface area (Å²) < 4.78 is 9.85. The number of esters is 2. The number of hydrogen-bond acceptors (Lipinski definition) is 4. The fourth-order valence-corrected chi connectivity index (χ4v) is 2.30. The number of ether oxygens (including phenoxy) is 2. The topological polar surface area (TPSA) is 52.6 Å². The van der Waals surface area contributed by atoms with Crippen molar-refractivity contribution in [2.45, 2.75) is 64.7 Å². The van der Waals surface area contributed by atoms with Gasteiger partial charge in [0.1, 0.15) is 13.2 Å². The molecule has 110 valence electrons. The predicted molar refractivity (Wildman–Crippen MR) is 72.6 cm³/mol. The Balaban J connectivity index is 2.07. The molecule has 1 rings (SSSR count). The van der Waals surface area contributed by atoms with Gasteiger partial charge in [0, 0.05) is 0 Å². The van der Waals surface area contributed by atoms with Gasteiger partial charge in [0.15, 0.2) is 5.92 Å². The van der Waals surface area contributed by atoms with Crippen LogP contribution in [0.25, 0.3) is 0 Å². The van der Waals surface area contributed by atoms with Crippen molar-refractivity contribution in [3.05, 3.63) is 0 Å². The van der Waals surface area contributed by atoms with Crippen LogP contribution in [0.15, 0.2) is 0 Å². The molecule has 0 aromatic carbocycles. The van der Waals surface area contributed by atoms with Gasteiger partial charge in [-0.25, -0.2) is 0 Å². The first-order valence-corrected chi connectivity index (χ1v) is 7.59. The van der Waals surface area contributed by atoms with E-state index in [4.69, 9.17) is 9.47 Å². The van der Waals surface area contributed by atoms with Crippen molar-refractivity contribution in [2.24, 2.45) is 5.92 Å². The van der Waals surface area contributed by atoms with Crippen molar-refractivity contribution in [2.75, 3.05) is 13.2 Å². The maximum absolute atomic E-state index is 11.5. The number of carbonyl (C=O) groups excluding carboxylic acids is 2. The number of rotatable bonds is 9. The summed E-state index contributed by atoms with van der Waals surface area (Å²) in [6.07, 6.45) is 10.2. The Morgan fingerprint density at radius 2 is 1.32 bits per heavy atom. The van der Waals surface area contributed by atoms with E-state index >= 15 is 0 Å². The lowest BCUT2D eigenvalue weighted by molar-refractivity contribution is -0.154. The summed E-state index contributed by atoms with van der Waals surface area (Å²) in [7, 11) is 0. The smallest absolute Gasteiger partial charge is 0.320 e. The van der Waals surface area contributed by atoms with Crippen LogP contribution in [0.5, 0.6) is 0 Å². The fraction of sp³-hybridized carbons (Fsp3) is 0.867. The zero-order valence-corrected chi connectivity index (χ0v) is 12.0. The molecule has 0 aromatic rings. The normalized spacial score (nSPS) is 16.9. The first-order valence-electron chi connectivity index (χ1n) is 7.59. The Labute approximate surface area is 115 Å². The van der Waals surface area contributed by atoms with Gasteiger partial charge in [0.2, 0.25) is 0 Å². The van der Waals surface area contributed by atoms with Crippen LogP contribution in [0, 0.1) is 5.92 Å². The lowest BCUT2D eigenvalue weighted by atomic mass is 10.00. The van der Waals surface area contributed by atoms with Crippen LogP contribution in [-0.2, 0) is 19.1 Å². The quantitative estimate of drug-likeness (QED) is 0.367. The monoisotopic (exact) mass is 270 g/mol. The van der Waals surface area contributed by atoms with Gasteiger partial charge in [-0.2, -0.15) is 0 Å². The van der Waals surface area contributed by atoms with E-state index in [1.54, 1.807) is 0 Å². The molecule has 4 heteroatoms. The Morgan fingerprint density at radius 3 is 1.84 bits per heavy atom. The summed E-state index contributed by atoms with van der Waals surface area (Å²) in [6.45, 7) is 2.60. The highest BCUT2D eigenvalue weighted by Gasteiger charge is 2.31. The van der Waals surface area contributed by atoms with Gasteiger partial charge in [-0.15, -0.1) is 0 Å². The molecule has 1 aliphatic heterocycles. The largest absolute Gasteiger partial charge is 0.461 e. The van der Waals surface area contributed by atoms with E-state index in [9.17, 15) is 9.59 Å². The molecule has 4 nitrogen and oxygen atoms in total. The fourth-order valence-electron chi connectivity index (χ4n) is 2.30. The molecule has 0 aliphatic carbocycles. The van der Waals surface area contributed by atoms with Crippen molar-refractivity contribution in [3.63, 3.8) is 0 Å². The third-order valence-corrected chi connectivity index (χ3v) is 3.49. The molecule has 1 aliphatic rings. The number of unbranched alkanes of at least 4 members (excludes halogenated alkanes) is 7. The molecular formula is C15H26O4. The molecule has 1 heterocycles. The second-order valence-electron chi connectivity index (χ2n) is 5.15. The Morgan fingerprint density at radius 1 is 0.842 bits per heavy atom. The maximum atomic E-state index is 11.5. The first-order chi connectivity index (χ1) is 9.25. The molecule has 1 fully saturated rings. The summed E-state index contributed by atoms with van der Waals surface area (Å²) in [4.78, 5) is 23.1. The van der Waals surface area contributed by atoms with Crippen molar-refractivity contribution < 1.29 is 19.1 Å². The third kappa shape index (κ3) is 6.60. The van der Waals surface area contributed by atoms with Crippen LogP contribution in [0.3, 0.4) is 0 Å². The minimum absolute atomic E-state index is 0.193. The highest BCUT2D eigenvalue weighted by molar-refractivity contribution is 5.95. The van der Waals surface area contributed by atoms with Crippen LogP contribution in [0.4, 0.5) is 0 Å². The van der Waals surface area contributed by atoms with Crippen molar-refractivity contribution >= 4 is 11.9 Å². The van der Waals surface area contributed by atoms with E-state index in [1.165, 1.54) is 38.5 Å². The molecule has 0 amide bonds. The molecular weight excluding hydrogens is 244 g/mol. The van der Waals surface area contributed by atoms with Crippen LogP contribution >= 0.6 is 0 Å². The molecule has 0 atom stereocenters. The third-order valence-electron chi connectivity index (χ3n) is 3.49.